The van der Waals surface area contributed by atoms with E-state index in [-0.39, 0.29) is 42.0 Å². The zero-order valence-electron chi connectivity index (χ0n) is 4.46. The summed E-state index contributed by atoms with van der Waals surface area (Å²) in [5.41, 5.74) is 0. The van der Waals surface area contributed by atoms with Crippen LogP contribution in [0.25, 0.3) is 0 Å². The smallest absolute Gasteiger partial charge is 0.756 e. The van der Waals surface area contributed by atoms with Crippen LogP contribution in [0.1, 0.15) is 0 Å². The minimum Gasteiger partial charge on any atom is -0.756 e. The monoisotopic (exact) mass is 190 g/mol. The number of hydrogen-bond acceptors (Lipinski definition) is 4. The van der Waals surface area contributed by atoms with Gasteiger partial charge in [-0.25, -0.2) is 0 Å². The fourth-order valence-corrected chi connectivity index (χ4v) is 0. The number of rotatable bonds is 0. The van der Waals surface area contributed by atoms with Crippen LogP contribution in [0, 0.1) is 0 Å². The van der Waals surface area contributed by atoms with Gasteiger partial charge in [0.15, 0.2) is 0 Å². The quantitative estimate of drug-likeness (QED) is 0.133. The number of hydrogen-bond donors (Lipinski definition) is 4. The van der Waals surface area contributed by atoms with Gasteiger partial charge in [0.25, 0.3) is 7.82 Å². The van der Waals surface area contributed by atoms with Crippen LogP contribution in [-0.4, -0.2) is 20.3 Å². The first-order valence-electron chi connectivity index (χ1n) is 0.965. The van der Waals surface area contributed by atoms with Crippen molar-refractivity contribution in [2.45, 2.75) is 0 Å². The Morgan fingerprint density at radius 2 is 1.22 bits per heavy atom. The standard InChI is InChI=1S/ClH.Na.H3O4P.H2O2/c;;1-5(2,3)4;1-2/h1H;;(H3,1,2,3,4);1-2H/q;+1;;/p-1. The average molecular weight is 190 g/mol. The molecule has 0 saturated heterocycles. The molecule has 0 aliphatic carbocycles. The van der Waals surface area contributed by atoms with Crippen molar-refractivity contribution in [3.63, 3.8) is 0 Å². The molecule has 0 rings (SSSR count). The first kappa shape index (κ1) is 22.4. The van der Waals surface area contributed by atoms with Gasteiger partial charge in [-0.3, -0.25) is 15.1 Å². The van der Waals surface area contributed by atoms with E-state index < -0.39 is 7.82 Å². The van der Waals surface area contributed by atoms with E-state index in [0.717, 1.165) is 0 Å². The fourth-order valence-electron chi connectivity index (χ4n) is 0. The second kappa shape index (κ2) is 12.0. The Kier molecular flexibility index (Phi) is 30.0. The minimum absolute atomic E-state index is 0. The third-order valence-corrected chi connectivity index (χ3v) is 0. The van der Waals surface area contributed by atoms with E-state index >= 15 is 0 Å². The van der Waals surface area contributed by atoms with E-state index in [1.807, 2.05) is 0 Å². The Labute approximate surface area is 79.4 Å². The van der Waals surface area contributed by atoms with Crippen molar-refractivity contribution in [2.75, 3.05) is 0 Å². The molecule has 4 N–H and O–H groups in total. The maximum Gasteiger partial charge on any atom is 1.00 e. The third-order valence-electron chi connectivity index (χ3n) is 0. The van der Waals surface area contributed by atoms with Crippen molar-refractivity contribution < 1.29 is 59.3 Å². The molecule has 0 unspecified atom stereocenters. The van der Waals surface area contributed by atoms with Crippen molar-refractivity contribution in [3.05, 3.63) is 0 Å². The molecular weight excluding hydrogens is 185 g/mol. The van der Waals surface area contributed by atoms with Crippen molar-refractivity contribution in [2.24, 2.45) is 0 Å². The van der Waals surface area contributed by atoms with Gasteiger partial charge >= 0.3 is 29.6 Å². The molecule has 0 heterocycles. The van der Waals surface area contributed by atoms with Gasteiger partial charge in [-0.15, -0.1) is 12.4 Å². The van der Waals surface area contributed by atoms with E-state index in [1.165, 1.54) is 0 Å². The van der Waals surface area contributed by atoms with Crippen LogP contribution in [-0.2, 0) is 4.57 Å². The number of halogens is 1. The van der Waals surface area contributed by atoms with Crippen molar-refractivity contribution in [1.29, 1.82) is 0 Å². The normalized spacial score (nSPS) is 7.22. The Morgan fingerprint density at radius 1 is 1.22 bits per heavy atom. The van der Waals surface area contributed by atoms with Gasteiger partial charge in [-0.05, 0) is 0 Å². The predicted octanol–water partition coefficient (Wildman–Crippen LogP) is -4.12. The maximum atomic E-state index is 8.77. The van der Waals surface area contributed by atoms with Gasteiger partial charge in [0.2, 0.25) is 0 Å². The SMILES string of the molecule is Cl.O=P([O-])(O)O.OO.[Na+]. The fraction of sp³-hybridized carbons (Fsp3) is 0. The largest absolute Gasteiger partial charge is 1.00 e. The summed E-state index contributed by atoms with van der Waals surface area (Å²) in [6.07, 6.45) is 0. The average Bonchev–Trinajstić information content (AvgIpc) is 1.36. The molecule has 0 aromatic carbocycles. The van der Waals surface area contributed by atoms with Gasteiger partial charge in [0.05, 0.1) is 0 Å². The molecule has 9 heteroatoms. The molecule has 0 atom stereocenters. The second-order valence-electron chi connectivity index (χ2n) is 0.491. The second-order valence-corrected chi connectivity index (χ2v) is 1.47. The van der Waals surface area contributed by atoms with Crippen LogP contribution < -0.4 is 34.5 Å². The van der Waals surface area contributed by atoms with E-state index in [2.05, 4.69) is 0 Å². The zero-order valence-corrected chi connectivity index (χ0v) is 8.17. The van der Waals surface area contributed by atoms with E-state index in [9.17, 15) is 0 Å². The molecular formula is H5ClNaO6P. The predicted molar refractivity (Wildman–Crippen MR) is 24.5 cm³/mol. The van der Waals surface area contributed by atoms with Crippen LogP contribution in [0.4, 0.5) is 0 Å². The van der Waals surface area contributed by atoms with Gasteiger partial charge in [0, 0.05) is 0 Å². The molecule has 0 saturated carbocycles. The molecule has 0 bridgehead atoms. The third kappa shape index (κ3) is 287. The number of phosphoric acid groups is 1. The summed E-state index contributed by atoms with van der Waals surface area (Å²) >= 11 is 0. The Morgan fingerprint density at radius 3 is 1.22 bits per heavy atom. The van der Waals surface area contributed by atoms with Crippen LogP contribution in [0.3, 0.4) is 0 Å². The molecule has 6 nitrogen and oxygen atoms in total. The Balaban J connectivity index is -0.0000000286. The van der Waals surface area contributed by atoms with Gasteiger partial charge in [-0.1, -0.05) is 0 Å². The van der Waals surface area contributed by atoms with E-state index in [0.29, 0.717) is 0 Å². The van der Waals surface area contributed by atoms with E-state index in [1.54, 1.807) is 0 Å². The molecule has 9 heavy (non-hydrogen) atoms. The van der Waals surface area contributed by atoms with Crippen molar-refractivity contribution >= 4 is 20.2 Å². The minimum atomic E-state index is -4.89. The maximum absolute atomic E-state index is 8.77. The summed E-state index contributed by atoms with van der Waals surface area (Å²) in [6, 6.07) is 0. The van der Waals surface area contributed by atoms with E-state index in [4.69, 9.17) is 29.8 Å². The summed E-state index contributed by atoms with van der Waals surface area (Å²) in [5, 5.41) is 12.0. The topological polar surface area (TPSA) is 121 Å². The van der Waals surface area contributed by atoms with Crippen LogP contribution in [0.15, 0.2) is 0 Å². The first-order valence-corrected chi connectivity index (χ1v) is 2.50. The molecule has 0 spiro atoms. The summed E-state index contributed by atoms with van der Waals surface area (Å²) in [6.45, 7) is 0. The molecule has 0 aliphatic rings. The molecule has 0 aromatic heterocycles. The Hall–Kier alpha value is 1.32. The molecule has 0 amide bonds. The summed E-state index contributed by atoms with van der Waals surface area (Å²) in [5.74, 6) is 0. The van der Waals surface area contributed by atoms with Crippen molar-refractivity contribution in [1.82, 2.24) is 0 Å². The van der Waals surface area contributed by atoms with Crippen molar-refractivity contribution in [3.8, 4) is 0 Å². The first-order chi connectivity index (χ1) is 3.00. The van der Waals surface area contributed by atoms with Crippen LogP contribution in [0.5, 0.6) is 0 Å². The van der Waals surface area contributed by atoms with Gasteiger partial charge < -0.3 is 14.7 Å². The molecule has 0 aromatic rings. The van der Waals surface area contributed by atoms with Crippen LogP contribution >= 0.6 is 20.2 Å². The zero-order chi connectivity index (χ0) is 6.50. The Bertz CT molecular complexity index is 59.2. The van der Waals surface area contributed by atoms with Gasteiger partial charge in [0.1, 0.15) is 0 Å². The van der Waals surface area contributed by atoms with Crippen LogP contribution in [0.2, 0.25) is 0 Å². The molecule has 0 aliphatic heterocycles. The van der Waals surface area contributed by atoms with Gasteiger partial charge in [-0.2, -0.15) is 0 Å². The summed E-state index contributed by atoms with van der Waals surface area (Å²) in [4.78, 5) is 22.9. The summed E-state index contributed by atoms with van der Waals surface area (Å²) < 4.78 is 8.77. The molecule has 0 fully saturated rings. The molecule has 0 radical (unpaired) electrons. The molecule has 54 valence electrons. The summed E-state index contributed by atoms with van der Waals surface area (Å²) in [7, 11) is -4.89.